The molecule has 3 rings (SSSR count). The van der Waals surface area contributed by atoms with Gasteiger partial charge in [-0.25, -0.2) is 0 Å². The fourth-order valence-corrected chi connectivity index (χ4v) is 2.99. The second-order valence-electron chi connectivity index (χ2n) is 6.97. The zero-order valence-electron chi connectivity index (χ0n) is 17.2. The zero-order valence-corrected chi connectivity index (χ0v) is 18.0. The topological polar surface area (TPSA) is 47.6 Å². The highest BCUT2D eigenvalue weighted by Gasteiger charge is 2.07. The molecule has 3 aromatic rings. The number of carbonyl (C=O) groups is 1. The second kappa shape index (κ2) is 9.99. The van der Waals surface area contributed by atoms with Crippen molar-refractivity contribution in [2.75, 3.05) is 12.4 Å². The maximum Gasteiger partial charge on any atom is 0.248 e. The van der Waals surface area contributed by atoms with Gasteiger partial charge < -0.3 is 14.8 Å². The normalized spacial score (nSPS) is 10.8. The molecule has 0 aliphatic carbocycles. The minimum absolute atomic E-state index is 0.189. The van der Waals surface area contributed by atoms with Crippen LogP contribution in [0.1, 0.15) is 22.3 Å². The molecule has 0 aromatic heterocycles. The second-order valence-corrected chi connectivity index (χ2v) is 7.40. The van der Waals surface area contributed by atoms with Crippen LogP contribution in [0.15, 0.2) is 66.7 Å². The SMILES string of the molecule is COc1cc(/C=C/C(=O)Nc2cc(C)ccc2C)ccc1OCc1ccc(Cl)cc1. The molecule has 1 N–H and O–H groups in total. The molecule has 0 radical (unpaired) electrons. The van der Waals surface area contributed by atoms with Gasteiger partial charge in [0.2, 0.25) is 5.91 Å². The molecular formula is C25H24ClNO3. The number of aryl methyl sites for hydroxylation is 2. The van der Waals surface area contributed by atoms with Crippen molar-refractivity contribution in [3.8, 4) is 11.5 Å². The lowest BCUT2D eigenvalue weighted by atomic mass is 10.1. The van der Waals surface area contributed by atoms with E-state index >= 15 is 0 Å². The fraction of sp³-hybridized carbons (Fsp3) is 0.160. The third-order valence-corrected chi connectivity index (χ3v) is 4.83. The van der Waals surface area contributed by atoms with Crippen molar-refractivity contribution in [1.29, 1.82) is 0 Å². The maximum atomic E-state index is 12.3. The maximum absolute atomic E-state index is 12.3. The molecule has 4 nitrogen and oxygen atoms in total. The Labute approximate surface area is 182 Å². The van der Waals surface area contributed by atoms with Gasteiger partial charge in [0.05, 0.1) is 7.11 Å². The van der Waals surface area contributed by atoms with Crippen molar-refractivity contribution in [3.63, 3.8) is 0 Å². The van der Waals surface area contributed by atoms with E-state index < -0.39 is 0 Å². The van der Waals surface area contributed by atoms with E-state index in [-0.39, 0.29) is 5.91 Å². The molecule has 0 unspecified atom stereocenters. The predicted octanol–water partition coefficient (Wildman–Crippen LogP) is 6.20. The lowest BCUT2D eigenvalue weighted by Gasteiger charge is -2.11. The first kappa shape index (κ1) is 21.5. The number of rotatable bonds is 7. The van der Waals surface area contributed by atoms with Crippen LogP contribution in [0.25, 0.3) is 6.08 Å². The lowest BCUT2D eigenvalue weighted by Crippen LogP contribution is -2.09. The Hall–Kier alpha value is -3.24. The van der Waals surface area contributed by atoms with E-state index in [1.807, 2.05) is 74.5 Å². The molecule has 0 spiro atoms. The van der Waals surface area contributed by atoms with E-state index in [0.717, 1.165) is 27.9 Å². The van der Waals surface area contributed by atoms with E-state index in [9.17, 15) is 4.79 Å². The van der Waals surface area contributed by atoms with Crippen LogP contribution in [-0.2, 0) is 11.4 Å². The number of hydrogen-bond acceptors (Lipinski definition) is 3. The molecule has 0 heterocycles. The summed E-state index contributed by atoms with van der Waals surface area (Å²) in [7, 11) is 1.59. The number of anilines is 1. The van der Waals surface area contributed by atoms with E-state index in [0.29, 0.717) is 23.1 Å². The van der Waals surface area contributed by atoms with Gasteiger partial charge in [0.25, 0.3) is 0 Å². The number of amides is 1. The summed E-state index contributed by atoms with van der Waals surface area (Å²) in [6.07, 6.45) is 3.25. The molecule has 1 amide bonds. The Morgan fingerprint density at radius 2 is 1.77 bits per heavy atom. The molecule has 5 heteroatoms. The number of hydrogen-bond donors (Lipinski definition) is 1. The Morgan fingerprint density at radius 1 is 1.00 bits per heavy atom. The van der Waals surface area contributed by atoms with Crippen LogP contribution in [0.3, 0.4) is 0 Å². The van der Waals surface area contributed by atoms with Crippen molar-refractivity contribution < 1.29 is 14.3 Å². The molecule has 0 bridgehead atoms. The summed E-state index contributed by atoms with van der Waals surface area (Å²) in [5, 5.41) is 3.60. The summed E-state index contributed by atoms with van der Waals surface area (Å²) in [6.45, 7) is 4.36. The fourth-order valence-electron chi connectivity index (χ4n) is 2.87. The van der Waals surface area contributed by atoms with Gasteiger partial charge in [-0.3, -0.25) is 4.79 Å². The number of ether oxygens (including phenoxy) is 2. The minimum atomic E-state index is -0.189. The van der Waals surface area contributed by atoms with Gasteiger partial charge in [-0.2, -0.15) is 0 Å². The first-order chi connectivity index (χ1) is 14.4. The van der Waals surface area contributed by atoms with Crippen molar-refractivity contribution in [3.05, 3.63) is 94.0 Å². The molecule has 0 fully saturated rings. The highest BCUT2D eigenvalue weighted by Crippen LogP contribution is 2.29. The van der Waals surface area contributed by atoms with Gasteiger partial charge in [-0.05, 0) is 72.5 Å². The number of nitrogens with one attached hydrogen (secondary N) is 1. The van der Waals surface area contributed by atoms with Crippen molar-refractivity contribution in [2.24, 2.45) is 0 Å². The van der Waals surface area contributed by atoms with Crippen molar-refractivity contribution in [1.82, 2.24) is 0 Å². The van der Waals surface area contributed by atoms with Gasteiger partial charge in [0, 0.05) is 16.8 Å². The van der Waals surface area contributed by atoms with Crippen LogP contribution in [0, 0.1) is 13.8 Å². The zero-order chi connectivity index (χ0) is 21.5. The molecule has 30 heavy (non-hydrogen) atoms. The van der Waals surface area contributed by atoms with Gasteiger partial charge in [0.15, 0.2) is 11.5 Å². The van der Waals surface area contributed by atoms with Crippen LogP contribution in [-0.4, -0.2) is 13.0 Å². The molecule has 0 saturated carbocycles. The Morgan fingerprint density at radius 3 is 2.50 bits per heavy atom. The number of carbonyl (C=O) groups excluding carboxylic acids is 1. The molecule has 0 aliphatic heterocycles. The van der Waals surface area contributed by atoms with Crippen LogP contribution in [0.4, 0.5) is 5.69 Å². The number of benzene rings is 3. The summed E-state index contributed by atoms with van der Waals surface area (Å²) in [5.41, 5.74) is 4.77. The quantitative estimate of drug-likeness (QED) is 0.462. The summed E-state index contributed by atoms with van der Waals surface area (Å²) >= 11 is 5.91. The first-order valence-electron chi connectivity index (χ1n) is 9.56. The third-order valence-electron chi connectivity index (χ3n) is 4.57. The van der Waals surface area contributed by atoms with Gasteiger partial charge >= 0.3 is 0 Å². The van der Waals surface area contributed by atoms with Crippen molar-refractivity contribution in [2.45, 2.75) is 20.5 Å². The highest BCUT2D eigenvalue weighted by atomic mass is 35.5. The Kier molecular flexibility index (Phi) is 7.15. The highest BCUT2D eigenvalue weighted by molar-refractivity contribution is 6.30. The lowest BCUT2D eigenvalue weighted by molar-refractivity contribution is -0.111. The summed E-state index contributed by atoms with van der Waals surface area (Å²) in [6, 6.07) is 19.0. The summed E-state index contributed by atoms with van der Waals surface area (Å²) in [4.78, 5) is 12.3. The average molecular weight is 422 g/mol. The monoisotopic (exact) mass is 421 g/mol. The standard InChI is InChI=1S/C25H24ClNO3/c1-17-4-5-18(2)22(14-17)27-25(28)13-9-19-8-12-23(24(15-19)29-3)30-16-20-6-10-21(26)11-7-20/h4-15H,16H2,1-3H3,(H,27,28)/b13-9+. The molecule has 154 valence electrons. The van der Waals surface area contributed by atoms with E-state index in [4.69, 9.17) is 21.1 Å². The van der Waals surface area contributed by atoms with Crippen LogP contribution in [0.2, 0.25) is 5.02 Å². The van der Waals surface area contributed by atoms with Crippen LogP contribution < -0.4 is 14.8 Å². The largest absolute Gasteiger partial charge is 0.493 e. The van der Waals surface area contributed by atoms with Gasteiger partial charge in [-0.15, -0.1) is 0 Å². The third kappa shape index (κ3) is 5.88. The number of halogens is 1. The summed E-state index contributed by atoms with van der Waals surface area (Å²) in [5.74, 6) is 1.04. The molecule has 0 aliphatic rings. The number of methoxy groups -OCH3 is 1. The molecule has 0 atom stereocenters. The van der Waals surface area contributed by atoms with E-state index in [1.54, 1.807) is 13.2 Å². The molecular weight excluding hydrogens is 398 g/mol. The van der Waals surface area contributed by atoms with Crippen molar-refractivity contribution >= 4 is 29.3 Å². The van der Waals surface area contributed by atoms with Gasteiger partial charge in [0.1, 0.15) is 6.61 Å². The Bertz CT molecular complexity index is 1060. The van der Waals surface area contributed by atoms with Crippen LogP contribution in [0.5, 0.6) is 11.5 Å². The average Bonchev–Trinajstić information content (AvgIpc) is 2.74. The molecule has 3 aromatic carbocycles. The van der Waals surface area contributed by atoms with Gasteiger partial charge in [-0.1, -0.05) is 41.9 Å². The smallest absolute Gasteiger partial charge is 0.248 e. The van der Waals surface area contributed by atoms with E-state index in [2.05, 4.69) is 5.32 Å². The first-order valence-corrected chi connectivity index (χ1v) is 9.94. The van der Waals surface area contributed by atoms with Crippen LogP contribution >= 0.6 is 11.6 Å². The Balaban J connectivity index is 1.65. The predicted molar refractivity (Wildman–Crippen MR) is 122 cm³/mol. The summed E-state index contributed by atoms with van der Waals surface area (Å²) < 4.78 is 11.3. The van der Waals surface area contributed by atoms with E-state index in [1.165, 1.54) is 6.08 Å². The molecule has 0 saturated heterocycles. The minimum Gasteiger partial charge on any atom is -0.493 e.